The molecule has 1 aromatic heterocycles. The van der Waals surface area contributed by atoms with Gasteiger partial charge in [-0.3, -0.25) is 9.48 Å². The summed E-state index contributed by atoms with van der Waals surface area (Å²) in [4.78, 5) is 16.6. The third-order valence-electron chi connectivity index (χ3n) is 5.18. The van der Waals surface area contributed by atoms with E-state index in [9.17, 15) is 9.90 Å². The number of hydrogen-bond donors (Lipinski definition) is 1. The van der Waals surface area contributed by atoms with E-state index in [4.69, 9.17) is 0 Å². The van der Waals surface area contributed by atoms with Crippen molar-refractivity contribution >= 4 is 16.7 Å². The van der Waals surface area contributed by atoms with Gasteiger partial charge < -0.3 is 14.9 Å². The first-order valence-corrected chi connectivity index (χ1v) is 9.14. The average molecular weight is 364 g/mol. The molecule has 0 bridgehead atoms. The Hall–Kier alpha value is -2.70. The third-order valence-corrected chi connectivity index (χ3v) is 5.18. The lowest BCUT2D eigenvalue weighted by Crippen LogP contribution is -2.61. The van der Waals surface area contributed by atoms with Crippen LogP contribution in [0.25, 0.3) is 10.8 Å². The maximum Gasteiger partial charge on any atom is 0.272 e. The van der Waals surface area contributed by atoms with Crippen LogP contribution in [0.5, 0.6) is 0 Å². The first-order valence-electron chi connectivity index (χ1n) is 9.14. The number of likely N-dealkylation sites (N-methyl/N-ethyl adjacent to an activating group) is 1. The van der Waals surface area contributed by atoms with Gasteiger partial charge in [0.1, 0.15) is 11.3 Å². The maximum absolute atomic E-state index is 12.9. The summed E-state index contributed by atoms with van der Waals surface area (Å²) in [5, 5.41) is 17.5. The second-order valence-electron chi connectivity index (χ2n) is 7.46. The minimum absolute atomic E-state index is 0.0869. The molecule has 4 rings (SSSR count). The van der Waals surface area contributed by atoms with Gasteiger partial charge in [0.05, 0.1) is 19.6 Å². The molecule has 1 fully saturated rings. The molecule has 1 N–H and O–H groups in total. The number of likely N-dealkylation sites (tertiary alicyclic amines) is 1. The van der Waals surface area contributed by atoms with Gasteiger partial charge in [-0.15, -0.1) is 0 Å². The lowest BCUT2D eigenvalue weighted by molar-refractivity contribution is -0.0856. The van der Waals surface area contributed by atoms with E-state index in [0.717, 1.165) is 22.9 Å². The van der Waals surface area contributed by atoms with Crippen molar-refractivity contribution in [2.45, 2.75) is 12.1 Å². The fourth-order valence-corrected chi connectivity index (χ4v) is 3.68. The van der Waals surface area contributed by atoms with Crippen molar-refractivity contribution in [3.8, 4) is 0 Å². The normalized spacial score (nSPS) is 15.9. The van der Waals surface area contributed by atoms with Crippen molar-refractivity contribution in [3.63, 3.8) is 0 Å². The number of aromatic nitrogens is 2. The Balaban J connectivity index is 1.52. The van der Waals surface area contributed by atoms with Gasteiger partial charge in [0.25, 0.3) is 5.91 Å². The van der Waals surface area contributed by atoms with Crippen molar-refractivity contribution < 1.29 is 9.90 Å². The number of aliphatic hydroxyl groups is 1. The molecule has 2 heterocycles. The van der Waals surface area contributed by atoms with Crippen molar-refractivity contribution in [2.75, 3.05) is 33.7 Å². The van der Waals surface area contributed by atoms with E-state index in [1.807, 2.05) is 56.6 Å². The van der Waals surface area contributed by atoms with Gasteiger partial charge in [-0.2, -0.15) is 5.10 Å². The Bertz CT molecular complexity index is 968. The molecule has 6 nitrogen and oxygen atoms in total. The van der Waals surface area contributed by atoms with Crippen LogP contribution in [0.15, 0.2) is 54.7 Å². The van der Waals surface area contributed by atoms with Crippen LogP contribution in [0.4, 0.5) is 0 Å². The van der Waals surface area contributed by atoms with Crippen molar-refractivity contribution in [1.82, 2.24) is 19.6 Å². The van der Waals surface area contributed by atoms with Crippen LogP contribution >= 0.6 is 0 Å². The average Bonchev–Trinajstić information content (AvgIpc) is 3.11. The van der Waals surface area contributed by atoms with E-state index >= 15 is 0 Å². The van der Waals surface area contributed by atoms with Gasteiger partial charge in [-0.05, 0) is 36.5 Å². The molecule has 6 heteroatoms. The molecule has 0 spiro atoms. The Morgan fingerprint density at radius 2 is 1.89 bits per heavy atom. The summed E-state index contributed by atoms with van der Waals surface area (Å²) in [6.07, 6.45) is 1.65. The van der Waals surface area contributed by atoms with Crippen molar-refractivity contribution in [2.24, 2.45) is 0 Å². The molecule has 0 radical (unpaired) electrons. The number of hydrogen-bond acceptors (Lipinski definition) is 4. The molecular formula is C21H24N4O2. The van der Waals surface area contributed by atoms with E-state index in [1.165, 1.54) is 0 Å². The van der Waals surface area contributed by atoms with Crippen LogP contribution in [0.1, 0.15) is 16.1 Å². The quantitative estimate of drug-likeness (QED) is 0.752. The number of rotatable bonds is 5. The SMILES string of the molecule is CN(C)CCn1nccc1C(=O)N1CC(O)(c2cccc3ccccc23)C1. The number of carbonyl (C=O) groups is 1. The molecule has 0 atom stereocenters. The monoisotopic (exact) mass is 364 g/mol. The Morgan fingerprint density at radius 1 is 1.15 bits per heavy atom. The fourth-order valence-electron chi connectivity index (χ4n) is 3.68. The molecule has 0 aliphatic carbocycles. The molecule has 0 saturated carbocycles. The number of fused-ring (bicyclic) bond motifs is 1. The van der Waals surface area contributed by atoms with Gasteiger partial charge in [0.2, 0.25) is 0 Å². The molecule has 140 valence electrons. The Morgan fingerprint density at radius 3 is 2.67 bits per heavy atom. The summed E-state index contributed by atoms with van der Waals surface area (Å²) in [7, 11) is 3.98. The second kappa shape index (κ2) is 6.79. The summed E-state index contributed by atoms with van der Waals surface area (Å²) < 4.78 is 1.73. The van der Waals surface area contributed by atoms with Crippen LogP contribution in [0.2, 0.25) is 0 Å². The lowest BCUT2D eigenvalue weighted by Gasteiger charge is -2.47. The zero-order chi connectivity index (χ0) is 19.0. The number of benzene rings is 2. The highest BCUT2D eigenvalue weighted by atomic mass is 16.3. The minimum Gasteiger partial charge on any atom is -0.381 e. The van der Waals surface area contributed by atoms with Gasteiger partial charge in [-0.1, -0.05) is 42.5 Å². The molecule has 1 saturated heterocycles. The largest absolute Gasteiger partial charge is 0.381 e. The van der Waals surface area contributed by atoms with E-state index in [0.29, 0.717) is 25.3 Å². The standard InChI is InChI=1S/C21H24N4O2/c1-23(2)12-13-25-19(10-11-22-25)20(26)24-14-21(27,15-24)18-9-5-7-16-6-3-4-8-17(16)18/h3-11,27H,12-15H2,1-2H3. The summed E-state index contributed by atoms with van der Waals surface area (Å²) >= 11 is 0. The highest BCUT2D eigenvalue weighted by Crippen LogP contribution is 2.36. The highest BCUT2D eigenvalue weighted by molar-refractivity contribution is 5.94. The summed E-state index contributed by atoms with van der Waals surface area (Å²) in [6.45, 7) is 2.04. The number of amides is 1. The highest BCUT2D eigenvalue weighted by Gasteiger charge is 2.46. The topological polar surface area (TPSA) is 61.6 Å². The lowest BCUT2D eigenvalue weighted by atomic mass is 9.83. The molecule has 1 aliphatic heterocycles. The van der Waals surface area contributed by atoms with E-state index in [-0.39, 0.29) is 5.91 Å². The molecule has 1 aliphatic rings. The van der Waals surface area contributed by atoms with Crippen molar-refractivity contribution in [1.29, 1.82) is 0 Å². The van der Waals surface area contributed by atoms with E-state index in [2.05, 4.69) is 10.00 Å². The van der Waals surface area contributed by atoms with Gasteiger partial charge in [-0.25, -0.2) is 0 Å². The molecule has 1 amide bonds. The first-order chi connectivity index (χ1) is 13.0. The van der Waals surface area contributed by atoms with Crippen LogP contribution in [0, 0.1) is 0 Å². The predicted octanol–water partition coefficient (Wildman–Crippen LogP) is 1.94. The van der Waals surface area contributed by atoms with Crippen molar-refractivity contribution in [3.05, 3.63) is 66.0 Å². The smallest absolute Gasteiger partial charge is 0.272 e. The van der Waals surface area contributed by atoms with Crippen LogP contribution in [-0.4, -0.2) is 64.3 Å². The molecule has 0 unspecified atom stereocenters. The van der Waals surface area contributed by atoms with Crippen LogP contribution < -0.4 is 0 Å². The molecule has 27 heavy (non-hydrogen) atoms. The molecule has 2 aromatic carbocycles. The zero-order valence-corrected chi connectivity index (χ0v) is 15.7. The zero-order valence-electron chi connectivity index (χ0n) is 15.7. The minimum atomic E-state index is -1.01. The van der Waals surface area contributed by atoms with Crippen LogP contribution in [0.3, 0.4) is 0 Å². The summed E-state index contributed by atoms with van der Waals surface area (Å²) in [5.41, 5.74) is 0.438. The number of nitrogens with zero attached hydrogens (tertiary/aromatic N) is 4. The summed E-state index contributed by atoms with van der Waals surface area (Å²) in [6, 6.07) is 15.7. The first kappa shape index (κ1) is 17.7. The summed E-state index contributed by atoms with van der Waals surface area (Å²) in [5.74, 6) is -0.0869. The number of β-amino-alcohol motifs (C(OH)–C–C–N with tert-alkyl or cyclic N) is 1. The van der Waals surface area contributed by atoms with Crippen LogP contribution in [-0.2, 0) is 12.1 Å². The molecule has 3 aromatic rings. The third kappa shape index (κ3) is 3.22. The fraction of sp³-hybridized carbons (Fsp3) is 0.333. The maximum atomic E-state index is 12.9. The van der Waals surface area contributed by atoms with E-state index < -0.39 is 5.60 Å². The predicted molar refractivity (Wildman–Crippen MR) is 105 cm³/mol. The van der Waals surface area contributed by atoms with Gasteiger partial charge >= 0.3 is 0 Å². The molecular weight excluding hydrogens is 340 g/mol. The Labute approximate surface area is 158 Å². The van der Waals surface area contributed by atoms with E-state index in [1.54, 1.807) is 21.8 Å². The van der Waals surface area contributed by atoms with Gasteiger partial charge in [0, 0.05) is 12.7 Å². The second-order valence-corrected chi connectivity index (χ2v) is 7.46. The van der Waals surface area contributed by atoms with Gasteiger partial charge in [0.15, 0.2) is 0 Å². The Kier molecular flexibility index (Phi) is 4.45. The number of carbonyl (C=O) groups excluding carboxylic acids is 1.